The molecule has 0 spiro atoms. The second-order valence-corrected chi connectivity index (χ2v) is 5.73. The summed E-state index contributed by atoms with van der Waals surface area (Å²) in [6.45, 7) is 0. The highest BCUT2D eigenvalue weighted by molar-refractivity contribution is 9.10. The van der Waals surface area contributed by atoms with E-state index in [0.29, 0.717) is 5.69 Å². The largest absolute Gasteiger partial charge is 0.376 e. The lowest BCUT2D eigenvalue weighted by atomic mass is 10.1. The van der Waals surface area contributed by atoms with Crippen LogP contribution >= 0.6 is 15.9 Å². The summed E-state index contributed by atoms with van der Waals surface area (Å²) in [4.78, 5) is 14.0. The molecular weight excluding hydrogens is 335 g/mol. The Hall–Kier alpha value is -1.88. The predicted octanol–water partition coefficient (Wildman–Crippen LogP) is 3.84. The van der Waals surface area contributed by atoms with E-state index in [9.17, 15) is 9.18 Å². The van der Waals surface area contributed by atoms with E-state index in [1.165, 1.54) is 12.1 Å². The molecule has 1 amide bonds. The van der Waals surface area contributed by atoms with E-state index < -0.39 is 0 Å². The van der Waals surface area contributed by atoms with Gasteiger partial charge in [0.25, 0.3) is 0 Å². The number of amides is 1. The molecule has 21 heavy (non-hydrogen) atoms. The molecule has 2 rings (SSSR count). The number of rotatable bonds is 4. The number of hydrogen-bond donors (Lipinski definition) is 1. The van der Waals surface area contributed by atoms with Gasteiger partial charge in [-0.25, -0.2) is 4.39 Å². The standard InChI is InChI=1S/C16H16BrFN2O/c1-20(2)15-8-7-12(18)10-14(15)19-16(21)9-11-5-3-4-6-13(11)17/h3-8,10H,9H2,1-2H3,(H,19,21). The van der Waals surface area contributed by atoms with Gasteiger partial charge < -0.3 is 10.2 Å². The molecule has 0 bridgehead atoms. The molecule has 0 saturated heterocycles. The van der Waals surface area contributed by atoms with Crippen molar-refractivity contribution in [3.8, 4) is 0 Å². The fourth-order valence-electron chi connectivity index (χ4n) is 2.01. The van der Waals surface area contributed by atoms with E-state index in [1.54, 1.807) is 6.07 Å². The monoisotopic (exact) mass is 350 g/mol. The topological polar surface area (TPSA) is 32.3 Å². The molecule has 1 N–H and O–H groups in total. The third kappa shape index (κ3) is 4.04. The van der Waals surface area contributed by atoms with Crippen LogP contribution in [0.2, 0.25) is 0 Å². The number of anilines is 2. The first-order chi connectivity index (χ1) is 9.97. The maximum absolute atomic E-state index is 13.4. The second kappa shape index (κ2) is 6.72. The Morgan fingerprint density at radius 1 is 1.24 bits per heavy atom. The smallest absolute Gasteiger partial charge is 0.228 e. The Morgan fingerprint density at radius 2 is 1.95 bits per heavy atom. The molecule has 0 atom stereocenters. The van der Waals surface area contributed by atoms with Crippen LogP contribution in [0.4, 0.5) is 15.8 Å². The zero-order chi connectivity index (χ0) is 15.4. The summed E-state index contributed by atoms with van der Waals surface area (Å²) >= 11 is 3.41. The van der Waals surface area contributed by atoms with Gasteiger partial charge in [0.05, 0.1) is 17.8 Å². The molecule has 0 heterocycles. The van der Waals surface area contributed by atoms with Gasteiger partial charge in [0.2, 0.25) is 5.91 Å². The van der Waals surface area contributed by atoms with Crippen molar-refractivity contribution in [2.24, 2.45) is 0 Å². The predicted molar refractivity (Wildman–Crippen MR) is 87.2 cm³/mol. The normalized spacial score (nSPS) is 10.3. The van der Waals surface area contributed by atoms with Crippen molar-refractivity contribution in [2.75, 3.05) is 24.3 Å². The van der Waals surface area contributed by atoms with Crippen molar-refractivity contribution >= 4 is 33.2 Å². The van der Waals surface area contributed by atoms with Gasteiger partial charge in [0.15, 0.2) is 0 Å². The van der Waals surface area contributed by atoms with E-state index in [0.717, 1.165) is 15.7 Å². The van der Waals surface area contributed by atoms with Gasteiger partial charge in [-0.05, 0) is 29.8 Å². The van der Waals surface area contributed by atoms with Crippen molar-refractivity contribution in [1.29, 1.82) is 0 Å². The maximum Gasteiger partial charge on any atom is 0.228 e. The molecule has 0 radical (unpaired) electrons. The highest BCUT2D eigenvalue weighted by Gasteiger charge is 2.11. The number of nitrogens with zero attached hydrogens (tertiary/aromatic N) is 1. The van der Waals surface area contributed by atoms with Crippen LogP contribution in [0.15, 0.2) is 46.9 Å². The first-order valence-electron chi connectivity index (χ1n) is 6.47. The third-order valence-electron chi connectivity index (χ3n) is 3.02. The van der Waals surface area contributed by atoms with E-state index >= 15 is 0 Å². The summed E-state index contributed by atoms with van der Waals surface area (Å²) in [5, 5.41) is 2.77. The Morgan fingerprint density at radius 3 is 2.62 bits per heavy atom. The van der Waals surface area contributed by atoms with E-state index in [-0.39, 0.29) is 18.1 Å². The highest BCUT2D eigenvalue weighted by atomic mass is 79.9. The van der Waals surface area contributed by atoms with Gasteiger partial charge in [-0.2, -0.15) is 0 Å². The van der Waals surface area contributed by atoms with Crippen molar-refractivity contribution in [2.45, 2.75) is 6.42 Å². The molecule has 5 heteroatoms. The Labute approximate surface area is 131 Å². The number of carbonyl (C=O) groups excluding carboxylic acids is 1. The average Bonchev–Trinajstić information content (AvgIpc) is 2.41. The summed E-state index contributed by atoms with van der Waals surface area (Å²) in [6.07, 6.45) is 0.227. The highest BCUT2D eigenvalue weighted by Crippen LogP contribution is 2.25. The maximum atomic E-state index is 13.4. The molecule has 0 aliphatic rings. The molecule has 0 aliphatic carbocycles. The minimum Gasteiger partial charge on any atom is -0.376 e. The van der Waals surface area contributed by atoms with Crippen LogP contribution in [0.1, 0.15) is 5.56 Å². The third-order valence-corrected chi connectivity index (χ3v) is 3.80. The van der Waals surface area contributed by atoms with Crippen molar-refractivity contribution in [3.05, 3.63) is 58.3 Å². The molecule has 110 valence electrons. The fourth-order valence-corrected chi connectivity index (χ4v) is 2.43. The Balaban J connectivity index is 2.16. The molecular formula is C16H16BrFN2O. The summed E-state index contributed by atoms with van der Waals surface area (Å²) in [6, 6.07) is 11.9. The van der Waals surface area contributed by atoms with Gasteiger partial charge >= 0.3 is 0 Å². The van der Waals surface area contributed by atoms with Crippen LogP contribution in [-0.2, 0) is 11.2 Å². The lowest BCUT2D eigenvalue weighted by Gasteiger charge is -2.18. The first-order valence-corrected chi connectivity index (χ1v) is 7.27. The van der Waals surface area contributed by atoms with Crippen molar-refractivity contribution in [1.82, 2.24) is 0 Å². The van der Waals surface area contributed by atoms with Crippen LogP contribution in [0.5, 0.6) is 0 Å². The molecule has 0 aromatic heterocycles. The molecule has 3 nitrogen and oxygen atoms in total. The van der Waals surface area contributed by atoms with Gasteiger partial charge in [-0.3, -0.25) is 4.79 Å². The summed E-state index contributed by atoms with van der Waals surface area (Å²) in [5.74, 6) is -0.563. The van der Waals surface area contributed by atoms with Crippen LogP contribution < -0.4 is 10.2 Å². The summed E-state index contributed by atoms with van der Waals surface area (Å²) in [7, 11) is 3.69. The number of carbonyl (C=O) groups is 1. The number of benzene rings is 2. The van der Waals surface area contributed by atoms with Gasteiger partial charge in [0, 0.05) is 18.6 Å². The molecule has 0 fully saturated rings. The second-order valence-electron chi connectivity index (χ2n) is 4.87. The SMILES string of the molecule is CN(C)c1ccc(F)cc1NC(=O)Cc1ccccc1Br. The minimum absolute atomic E-state index is 0.185. The molecule has 2 aromatic rings. The van der Waals surface area contributed by atoms with E-state index in [2.05, 4.69) is 21.2 Å². The number of halogens is 2. The molecule has 0 aliphatic heterocycles. The summed E-state index contributed by atoms with van der Waals surface area (Å²) in [5.41, 5.74) is 2.12. The number of hydrogen-bond acceptors (Lipinski definition) is 2. The van der Waals surface area contributed by atoms with Crippen LogP contribution in [-0.4, -0.2) is 20.0 Å². The molecule has 0 saturated carbocycles. The van der Waals surface area contributed by atoms with Crippen LogP contribution in [0, 0.1) is 5.82 Å². The molecule has 2 aromatic carbocycles. The zero-order valence-corrected chi connectivity index (χ0v) is 13.4. The lowest BCUT2D eigenvalue weighted by Crippen LogP contribution is -2.18. The fraction of sp³-hybridized carbons (Fsp3) is 0.188. The van der Waals surface area contributed by atoms with Crippen molar-refractivity contribution < 1.29 is 9.18 Å². The van der Waals surface area contributed by atoms with Crippen LogP contribution in [0.3, 0.4) is 0 Å². The Kier molecular flexibility index (Phi) is 4.96. The van der Waals surface area contributed by atoms with Gasteiger partial charge in [-0.15, -0.1) is 0 Å². The molecule has 0 unspecified atom stereocenters. The zero-order valence-electron chi connectivity index (χ0n) is 11.9. The van der Waals surface area contributed by atoms with E-state index in [1.807, 2.05) is 43.3 Å². The van der Waals surface area contributed by atoms with Crippen LogP contribution in [0.25, 0.3) is 0 Å². The quantitative estimate of drug-likeness (QED) is 0.908. The Bertz CT molecular complexity index is 658. The minimum atomic E-state index is -0.378. The van der Waals surface area contributed by atoms with Gasteiger partial charge in [-0.1, -0.05) is 34.1 Å². The summed E-state index contributed by atoms with van der Waals surface area (Å²) < 4.78 is 14.3. The van der Waals surface area contributed by atoms with Gasteiger partial charge in [0.1, 0.15) is 5.82 Å². The lowest BCUT2D eigenvalue weighted by molar-refractivity contribution is -0.115. The average molecular weight is 351 g/mol. The van der Waals surface area contributed by atoms with E-state index in [4.69, 9.17) is 0 Å². The number of nitrogens with one attached hydrogen (secondary N) is 1. The van der Waals surface area contributed by atoms with Crippen molar-refractivity contribution in [3.63, 3.8) is 0 Å². The first kappa shape index (κ1) is 15.5.